The molecule has 0 unspecified atom stereocenters. The molecule has 0 fully saturated rings. The minimum atomic E-state index is -1.30. The van der Waals surface area contributed by atoms with Crippen LogP contribution in [0.5, 0.6) is 0 Å². The average Bonchev–Trinajstić information content (AvgIpc) is 2.80. The summed E-state index contributed by atoms with van der Waals surface area (Å²) >= 11 is 0. The molecule has 0 aliphatic carbocycles. The number of aromatic nitrogens is 3. The Morgan fingerprint density at radius 1 is 0.655 bits per heavy atom. The van der Waals surface area contributed by atoms with Crippen LogP contribution >= 0.6 is 0 Å². The lowest BCUT2D eigenvalue weighted by Crippen LogP contribution is -2.17. The molecule has 6 heteroatoms. The Balaban J connectivity index is 0.000000188. The van der Waals surface area contributed by atoms with E-state index in [0.29, 0.717) is 0 Å². The van der Waals surface area contributed by atoms with Crippen molar-refractivity contribution in [3.05, 3.63) is 97.5 Å². The number of nitrogens with zero attached hydrogens (tertiary/aromatic N) is 3. The summed E-state index contributed by atoms with van der Waals surface area (Å²) in [6.45, 7) is 0.157. The molecule has 4 rings (SSSR count). The average molecular weight is 386 g/mol. The molecule has 4 aromatic rings. The van der Waals surface area contributed by atoms with E-state index in [1.54, 1.807) is 18.6 Å². The summed E-state index contributed by atoms with van der Waals surface area (Å²) in [7, 11) is 0. The maximum atomic E-state index is 8.51. The molecule has 3 heterocycles. The van der Waals surface area contributed by atoms with Gasteiger partial charge in [-0.05, 0) is 48.5 Å². The number of aliphatic hydroxyl groups is 2. The lowest BCUT2D eigenvalue weighted by Gasteiger charge is -2.06. The van der Waals surface area contributed by atoms with E-state index in [-0.39, 0.29) is 6.54 Å². The number of benzene rings is 1. The van der Waals surface area contributed by atoms with Crippen LogP contribution in [-0.4, -0.2) is 38.0 Å². The fourth-order valence-electron chi connectivity index (χ4n) is 2.61. The van der Waals surface area contributed by atoms with E-state index in [1.165, 1.54) is 0 Å². The van der Waals surface area contributed by atoms with Crippen LogP contribution in [0, 0.1) is 0 Å². The summed E-state index contributed by atoms with van der Waals surface area (Å²) in [5, 5.41) is 19.9. The molecule has 0 spiro atoms. The molecule has 0 saturated carbocycles. The lowest BCUT2D eigenvalue weighted by molar-refractivity contribution is -0.0275. The van der Waals surface area contributed by atoms with Crippen molar-refractivity contribution in [3.63, 3.8) is 0 Å². The van der Waals surface area contributed by atoms with E-state index in [0.717, 1.165) is 28.3 Å². The predicted octanol–water partition coefficient (Wildman–Crippen LogP) is 3.61. The maximum Gasteiger partial charge on any atom is 0.169 e. The quantitative estimate of drug-likeness (QED) is 0.454. The first-order valence-corrected chi connectivity index (χ1v) is 9.17. The van der Waals surface area contributed by atoms with Gasteiger partial charge in [-0.2, -0.15) is 0 Å². The summed E-state index contributed by atoms with van der Waals surface area (Å²) in [4.78, 5) is 13.1. The van der Waals surface area contributed by atoms with Gasteiger partial charge in [0.2, 0.25) is 0 Å². The molecule has 29 heavy (non-hydrogen) atoms. The molecule has 0 atom stereocenters. The molecule has 146 valence electrons. The van der Waals surface area contributed by atoms with Gasteiger partial charge in [0.15, 0.2) is 6.29 Å². The van der Waals surface area contributed by atoms with Gasteiger partial charge in [-0.3, -0.25) is 15.0 Å². The van der Waals surface area contributed by atoms with Crippen molar-refractivity contribution in [2.24, 2.45) is 0 Å². The fraction of sp³-hybridized carbons (Fsp3) is 0.0870. The highest BCUT2D eigenvalue weighted by atomic mass is 16.5. The number of rotatable bonds is 5. The summed E-state index contributed by atoms with van der Waals surface area (Å²) in [5.41, 5.74) is 4.51. The highest BCUT2D eigenvalue weighted by molar-refractivity contribution is 5.76. The zero-order valence-electron chi connectivity index (χ0n) is 15.8. The Kier molecular flexibility index (Phi) is 7.40. The third-order valence-electron chi connectivity index (χ3n) is 3.92. The molecule has 0 aliphatic heterocycles. The van der Waals surface area contributed by atoms with Crippen LogP contribution in [0.2, 0.25) is 0 Å². The minimum Gasteiger partial charge on any atom is -0.380 e. The van der Waals surface area contributed by atoms with Gasteiger partial charge < -0.3 is 15.5 Å². The summed E-state index contributed by atoms with van der Waals surface area (Å²) in [5.74, 6) is 0. The number of anilines is 1. The second kappa shape index (κ2) is 10.7. The van der Waals surface area contributed by atoms with Crippen LogP contribution in [0.25, 0.3) is 22.6 Å². The first kappa shape index (κ1) is 20.1. The molecular weight excluding hydrogens is 364 g/mol. The van der Waals surface area contributed by atoms with E-state index < -0.39 is 6.29 Å². The Morgan fingerprint density at radius 3 is 1.90 bits per heavy atom. The number of nitrogens with one attached hydrogen (secondary N) is 1. The smallest absolute Gasteiger partial charge is 0.169 e. The highest BCUT2D eigenvalue weighted by Gasteiger charge is 2.09. The van der Waals surface area contributed by atoms with Gasteiger partial charge in [-0.1, -0.05) is 30.3 Å². The second-order valence-corrected chi connectivity index (χ2v) is 6.06. The number of aliphatic hydroxyl groups excluding tert-OH is 1. The van der Waals surface area contributed by atoms with Crippen molar-refractivity contribution in [1.82, 2.24) is 15.0 Å². The van der Waals surface area contributed by atoms with Gasteiger partial charge in [0, 0.05) is 29.8 Å². The summed E-state index contributed by atoms with van der Waals surface area (Å²) < 4.78 is 0. The zero-order valence-corrected chi connectivity index (χ0v) is 15.8. The monoisotopic (exact) mass is 386 g/mol. The molecule has 6 nitrogen and oxygen atoms in total. The largest absolute Gasteiger partial charge is 0.380 e. The fourth-order valence-corrected chi connectivity index (χ4v) is 2.61. The van der Waals surface area contributed by atoms with E-state index in [1.807, 2.05) is 78.9 Å². The molecule has 0 amide bonds. The number of para-hydroxylation sites is 1. The molecule has 0 bridgehead atoms. The van der Waals surface area contributed by atoms with Crippen LogP contribution in [-0.2, 0) is 0 Å². The van der Waals surface area contributed by atoms with Gasteiger partial charge in [0.1, 0.15) is 0 Å². The number of hydrogen-bond acceptors (Lipinski definition) is 6. The van der Waals surface area contributed by atoms with Crippen molar-refractivity contribution in [1.29, 1.82) is 0 Å². The van der Waals surface area contributed by atoms with E-state index in [2.05, 4.69) is 20.3 Å². The first-order valence-electron chi connectivity index (χ1n) is 9.17. The molecule has 0 saturated heterocycles. The van der Waals surface area contributed by atoms with Crippen molar-refractivity contribution in [3.8, 4) is 22.6 Å². The standard InChI is InChI=1S/C15H11N3.C8H11NO2/c1-3-9-16-13(7-1)12-6-5-11-18-15(12)14-8-2-4-10-17-14;10-8(11)6-9-7-4-2-1-3-5-7/h1-11H;1-5,8-11H,6H2. The molecule has 0 radical (unpaired) electrons. The van der Waals surface area contributed by atoms with Crippen LogP contribution in [0.15, 0.2) is 97.5 Å². The molecule has 3 N–H and O–H groups in total. The Morgan fingerprint density at radius 2 is 1.28 bits per heavy atom. The number of pyridine rings is 3. The third kappa shape index (κ3) is 6.21. The second-order valence-electron chi connectivity index (χ2n) is 6.06. The van der Waals surface area contributed by atoms with Crippen molar-refractivity contribution < 1.29 is 10.2 Å². The van der Waals surface area contributed by atoms with Gasteiger partial charge in [0.25, 0.3) is 0 Å². The topological polar surface area (TPSA) is 91.2 Å². The van der Waals surface area contributed by atoms with Gasteiger partial charge in [-0.25, -0.2) is 0 Å². The van der Waals surface area contributed by atoms with Crippen LogP contribution in [0.1, 0.15) is 0 Å². The van der Waals surface area contributed by atoms with Crippen LogP contribution < -0.4 is 5.32 Å². The van der Waals surface area contributed by atoms with E-state index in [9.17, 15) is 0 Å². The Hall–Kier alpha value is -3.61. The third-order valence-corrected chi connectivity index (χ3v) is 3.92. The van der Waals surface area contributed by atoms with Crippen molar-refractivity contribution >= 4 is 5.69 Å². The van der Waals surface area contributed by atoms with Gasteiger partial charge >= 0.3 is 0 Å². The van der Waals surface area contributed by atoms with Crippen LogP contribution in [0.3, 0.4) is 0 Å². The predicted molar refractivity (Wildman–Crippen MR) is 114 cm³/mol. The Bertz CT molecular complexity index is 923. The maximum absolute atomic E-state index is 8.51. The van der Waals surface area contributed by atoms with Crippen molar-refractivity contribution in [2.75, 3.05) is 11.9 Å². The molecular formula is C23H22N4O2. The van der Waals surface area contributed by atoms with Crippen molar-refractivity contribution in [2.45, 2.75) is 6.29 Å². The van der Waals surface area contributed by atoms with Gasteiger partial charge in [0.05, 0.1) is 23.6 Å². The minimum absolute atomic E-state index is 0.157. The van der Waals surface area contributed by atoms with Crippen LogP contribution in [0.4, 0.5) is 5.69 Å². The van der Waals surface area contributed by atoms with E-state index in [4.69, 9.17) is 10.2 Å². The summed E-state index contributed by atoms with van der Waals surface area (Å²) in [6, 6.07) is 25.0. The molecule has 0 aliphatic rings. The molecule has 1 aromatic carbocycles. The first-order chi connectivity index (χ1) is 14.2. The SMILES string of the molecule is OC(O)CNc1ccccc1.c1ccc(-c2cccnc2-c2ccccn2)nc1. The normalized spacial score (nSPS) is 10.2. The number of hydrogen-bond donors (Lipinski definition) is 3. The zero-order chi connectivity index (χ0) is 20.3. The molecule has 3 aromatic heterocycles. The van der Waals surface area contributed by atoms with Gasteiger partial charge in [-0.15, -0.1) is 0 Å². The Labute approximate surface area is 169 Å². The highest BCUT2D eigenvalue weighted by Crippen LogP contribution is 2.26. The summed E-state index contributed by atoms with van der Waals surface area (Å²) in [6.07, 6.45) is 4.03. The lowest BCUT2D eigenvalue weighted by atomic mass is 10.1. The van der Waals surface area contributed by atoms with E-state index >= 15 is 0 Å².